The van der Waals surface area contributed by atoms with Gasteiger partial charge in [0.15, 0.2) is 0 Å². The third-order valence-electron chi connectivity index (χ3n) is 4.15. The quantitative estimate of drug-likeness (QED) is 0.683. The maximum absolute atomic E-state index is 6.10. The van der Waals surface area contributed by atoms with Crippen molar-refractivity contribution in [1.29, 1.82) is 0 Å². The van der Waals surface area contributed by atoms with Crippen molar-refractivity contribution in [3.8, 4) is 0 Å². The zero-order valence-electron chi connectivity index (χ0n) is 10.3. The Morgan fingerprint density at radius 1 is 1.13 bits per heavy atom. The molecule has 0 unspecified atom stereocenters. The Morgan fingerprint density at radius 2 is 1.73 bits per heavy atom. The summed E-state index contributed by atoms with van der Waals surface area (Å²) in [6.45, 7) is 5.62. The van der Waals surface area contributed by atoms with Crippen LogP contribution < -0.4 is 5.32 Å². The average molecular weight is 232 g/mol. The van der Waals surface area contributed by atoms with Crippen molar-refractivity contribution in [3.63, 3.8) is 0 Å². The van der Waals surface area contributed by atoms with Crippen LogP contribution in [0, 0.1) is 5.41 Å². The van der Waals surface area contributed by atoms with Crippen molar-refractivity contribution in [2.45, 2.75) is 64.8 Å². The van der Waals surface area contributed by atoms with E-state index in [1.165, 1.54) is 44.9 Å². The van der Waals surface area contributed by atoms with Gasteiger partial charge in [-0.1, -0.05) is 33.1 Å². The van der Waals surface area contributed by atoms with E-state index in [2.05, 4.69) is 19.2 Å². The van der Waals surface area contributed by atoms with Gasteiger partial charge in [-0.3, -0.25) is 0 Å². The SMILES string of the molecule is CCC(CC)(CCl)CNC1CCCCC1. The molecule has 0 heterocycles. The largest absolute Gasteiger partial charge is 0.313 e. The van der Waals surface area contributed by atoms with E-state index in [1.807, 2.05) is 0 Å². The molecule has 1 saturated carbocycles. The van der Waals surface area contributed by atoms with Gasteiger partial charge in [0.1, 0.15) is 0 Å². The van der Waals surface area contributed by atoms with E-state index in [4.69, 9.17) is 11.6 Å². The highest BCUT2D eigenvalue weighted by atomic mass is 35.5. The lowest BCUT2D eigenvalue weighted by Gasteiger charge is -2.33. The third kappa shape index (κ3) is 3.96. The molecule has 0 aromatic rings. The number of halogens is 1. The molecule has 0 aliphatic heterocycles. The molecular weight excluding hydrogens is 206 g/mol. The third-order valence-corrected chi connectivity index (χ3v) is 4.72. The lowest BCUT2D eigenvalue weighted by molar-refractivity contribution is 0.254. The standard InChI is InChI=1S/C13H26ClN/c1-3-13(4-2,10-14)11-15-12-8-6-5-7-9-12/h12,15H,3-11H2,1-2H3. The van der Waals surface area contributed by atoms with Crippen LogP contribution in [-0.4, -0.2) is 18.5 Å². The first-order chi connectivity index (χ1) is 7.26. The maximum Gasteiger partial charge on any atom is 0.0291 e. The molecular formula is C13H26ClN. The topological polar surface area (TPSA) is 12.0 Å². The molecule has 1 fully saturated rings. The van der Waals surface area contributed by atoms with Crippen molar-refractivity contribution in [2.75, 3.05) is 12.4 Å². The smallest absolute Gasteiger partial charge is 0.0291 e. The monoisotopic (exact) mass is 231 g/mol. The van der Waals surface area contributed by atoms with Gasteiger partial charge in [-0.05, 0) is 31.1 Å². The van der Waals surface area contributed by atoms with Gasteiger partial charge in [0, 0.05) is 18.5 Å². The van der Waals surface area contributed by atoms with Crippen LogP contribution in [0.5, 0.6) is 0 Å². The van der Waals surface area contributed by atoms with Gasteiger partial charge in [-0.15, -0.1) is 11.6 Å². The number of hydrogen-bond donors (Lipinski definition) is 1. The summed E-state index contributed by atoms with van der Waals surface area (Å²) in [5.41, 5.74) is 0.332. The van der Waals surface area contributed by atoms with Crippen LogP contribution in [0.1, 0.15) is 58.8 Å². The summed E-state index contributed by atoms with van der Waals surface area (Å²) < 4.78 is 0. The summed E-state index contributed by atoms with van der Waals surface area (Å²) in [6.07, 6.45) is 9.35. The van der Waals surface area contributed by atoms with Gasteiger partial charge < -0.3 is 5.32 Å². The van der Waals surface area contributed by atoms with Gasteiger partial charge in [0.25, 0.3) is 0 Å². The highest BCUT2D eigenvalue weighted by molar-refractivity contribution is 6.18. The molecule has 1 nitrogen and oxygen atoms in total. The Labute approximate surface area is 100.0 Å². The summed E-state index contributed by atoms with van der Waals surface area (Å²) in [4.78, 5) is 0. The lowest BCUT2D eigenvalue weighted by Crippen LogP contribution is -2.41. The van der Waals surface area contributed by atoms with Gasteiger partial charge in [0.2, 0.25) is 0 Å². The second-order valence-electron chi connectivity index (χ2n) is 5.06. The first-order valence-electron chi connectivity index (χ1n) is 6.55. The summed E-state index contributed by atoms with van der Waals surface area (Å²) in [5, 5.41) is 3.73. The van der Waals surface area contributed by atoms with Crippen LogP contribution in [0.25, 0.3) is 0 Å². The Hall–Kier alpha value is 0.250. The average Bonchev–Trinajstić information content (AvgIpc) is 2.33. The van der Waals surface area contributed by atoms with Crippen molar-refractivity contribution in [1.82, 2.24) is 5.32 Å². The fourth-order valence-corrected chi connectivity index (χ4v) is 2.88. The van der Waals surface area contributed by atoms with Gasteiger partial charge >= 0.3 is 0 Å². The molecule has 1 aliphatic rings. The zero-order valence-corrected chi connectivity index (χ0v) is 11.1. The minimum absolute atomic E-state index is 0.332. The predicted octanol–water partition coefficient (Wildman–Crippen LogP) is 3.95. The van der Waals surface area contributed by atoms with E-state index < -0.39 is 0 Å². The summed E-state index contributed by atoms with van der Waals surface area (Å²) >= 11 is 6.10. The van der Waals surface area contributed by atoms with Crippen LogP contribution >= 0.6 is 11.6 Å². The number of alkyl halides is 1. The molecule has 0 aromatic heterocycles. The van der Waals surface area contributed by atoms with Crippen LogP contribution in [0.3, 0.4) is 0 Å². The summed E-state index contributed by atoms with van der Waals surface area (Å²) in [6, 6.07) is 0.763. The van der Waals surface area contributed by atoms with Gasteiger partial charge in [-0.2, -0.15) is 0 Å². The number of nitrogens with one attached hydrogen (secondary N) is 1. The molecule has 0 spiro atoms. The van der Waals surface area contributed by atoms with E-state index in [0.29, 0.717) is 5.41 Å². The Kier molecular flexibility index (Phi) is 5.99. The van der Waals surface area contributed by atoms with Crippen LogP contribution in [0.15, 0.2) is 0 Å². The lowest BCUT2D eigenvalue weighted by atomic mass is 9.83. The minimum Gasteiger partial charge on any atom is -0.313 e. The van der Waals surface area contributed by atoms with E-state index in [1.54, 1.807) is 0 Å². The van der Waals surface area contributed by atoms with Crippen LogP contribution in [0.2, 0.25) is 0 Å². The van der Waals surface area contributed by atoms with Gasteiger partial charge in [0.05, 0.1) is 0 Å². The fourth-order valence-electron chi connectivity index (χ4n) is 2.40. The zero-order chi connectivity index (χ0) is 11.1. The Morgan fingerprint density at radius 3 is 2.20 bits per heavy atom. The van der Waals surface area contributed by atoms with Gasteiger partial charge in [-0.25, -0.2) is 0 Å². The molecule has 1 aliphatic carbocycles. The van der Waals surface area contributed by atoms with Crippen molar-refractivity contribution < 1.29 is 0 Å². The Bertz CT molecular complexity index is 152. The fraction of sp³-hybridized carbons (Fsp3) is 1.00. The number of rotatable bonds is 6. The normalized spacial score (nSPS) is 19.4. The second-order valence-corrected chi connectivity index (χ2v) is 5.32. The molecule has 0 aromatic carbocycles. The molecule has 0 atom stereocenters. The van der Waals surface area contributed by atoms with Crippen molar-refractivity contribution in [2.24, 2.45) is 5.41 Å². The van der Waals surface area contributed by atoms with Crippen LogP contribution in [-0.2, 0) is 0 Å². The van der Waals surface area contributed by atoms with E-state index >= 15 is 0 Å². The highest BCUT2D eigenvalue weighted by Gasteiger charge is 2.26. The minimum atomic E-state index is 0.332. The molecule has 0 radical (unpaired) electrons. The molecule has 1 rings (SSSR count). The highest BCUT2D eigenvalue weighted by Crippen LogP contribution is 2.28. The Balaban J connectivity index is 2.31. The second kappa shape index (κ2) is 6.75. The molecule has 90 valence electrons. The molecule has 15 heavy (non-hydrogen) atoms. The molecule has 2 heteroatoms. The summed E-state index contributed by atoms with van der Waals surface area (Å²) in [7, 11) is 0. The predicted molar refractivity (Wildman–Crippen MR) is 68.6 cm³/mol. The number of hydrogen-bond acceptors (Lipinski definition) is 1. The molecule has 0 amide bonds. The summed E-state index contributed by atoms with van der Waals surface area (Å²) in [5.74, 6) is 0.791. The maximum atomic E-state index is 6.10. The molecule has 1 N–H and O–H groups in total. The first-order valence-corrected chi connectivity index (χ1v) is 7.09. The van der Waals surface area contributed by atoms with Crippen LogP contribution in [0.4, 0.5) is 0 Å². The van der Waals surface area contributed by atoms with E-state index in [9.17, 15) is 0 Å². The van der Waals surface area contributed by atoms with Crippen molar-refractivity contribution >= 4 is 11.6 Å². The first kappa shape index (κ1) is 13.3. The molecule has 0 saturated heterocycles. The molecule has 0 bridgehead atoms. The van der Waals surface area contributed by atoms with E-state index in [-0.39, 0.29) is 0 Å². The van der Waals surface area contributed by atoms with E-state index in [0.717, 1.165) is 18.5 Å². The van der Waals surface area contributed by atoms with Crippen molar-refractivity contribution in [3.05, 3.63) is 0 Å².